The monoisotopic (exact) mass is 343 g/mol. The van der Waals surface area contributed by atoms with Crippen molar-refractivity contribution in [3.8, 4) is 5.69 Å². The Morgan fingerprint density at radius 3 is 2.04 bits per heavy atom. The van der Waals surface area contributed by atoms with E-state index in [4.69, 9.17) is 9.47 Å². The number of para-hydroxylation sites is 1. The Kier molecular flexibility index (Phi) is 5.75. The molecule has 0 saturated carbocycles. The summed E-state index contributed by atoms with van der Waals surface area (Å²) in [6, 6.07) is 11.7. The van der Waals surface area contributed by atoms with E-state index in [1.807, 2.05) is 6.07 Å². The molecule has 0 amide bonds. The highest BCUT2D eigenvalue weighted by molar-refractivity contribution is 6.05. The van der Waals surface area contributed by atoms with Crippen LogP contribution in [0.1, 0.15) is 26.3 Å². The van der Waals surface area contributed by atoms with Crippen molar-refractivity contribution >= 4 is 11.9 Å². The molecule has 0 N–H and O–H groups in total. The fourth-order valence-electron chi connectivity index (χ4n) is 2.44. The maximum atomic E-state index is 12.5. The van der Waals surface area contributed by atoms with E-state index >= 15 is 0 Å². The number of benzene rings is 1. The lowest BCUT2D eigenvalue weighted by Gasteiger charge is -2.26. The zero-order chi connectivity index (χ0) is 18.4. The maximum Gasteiger partial charge on any atom is 0.327 e. The molecule has 0 atom stereocenters. The van der Waals surface area contributed by atoms with Crippen LogP contribution >= 0.6 is 0 Å². The number of hydrogen-bond donors (Lipinski definition) is 0. The van der Waals surface area contributed by atoms with Crippen molar-refractivity contribution in [3.05, 3.63) is 64.6 Å². The highest BCUT2D eigenvalue weighted by Crippen LogP contribution is 2.27. The number of ether oxygens (including phenoxy) is 2. The van der Waals surface area contributed by atoms with Crippen molar-refractivity contribution in [3.63, 3.8) is 0 Å². The molecule has 1 aromatic heterocycles. The Hall–Kier alpha value is -2.89. The van der Waals surface area contributed by atoms with Gasteiger partial charge in [-0.1, -0.05) is 24.3 Å². The van der Waals surface area contributed by atoms with Crippen LogP contribution in [-0.2, 0) is 24.5 Å². The SMILES string of the molecule is CCOC(=O)C(C)(C(=O)OCC)c1ccc(=O)n(-c2ccccc2)c1. The molecule has 2 rings (SSSR count). The summed E-state index contributed by atoms with van der Waals surface area (Å²) in [6.45, 7) is 5.03. The minimum atomic E-state index is -1.66. The lowest BCUT2D eigenvalue weighted by molar-refractivity contribution is -0.163. The molecular weight excluding hydrogens is 322 g/mol. The van der Waals surface area contributed by atoms with Crippen LogP contribution in [0.25, 0.3) is 5.69 Å². The average Bonchev–Trinajstić information content (AvgIpc) is 2.62. The molecule has 1 aromatic carbocycles. The number of carbonyl (C=O) groups excluding carboxylic acids is 2. The van der Waals surface area contributed by atoms with Gasteiger partial charge >= 0.3 is 11.9 Å². The molecule has 6 nitrogen and oxygen atoms in total. The van der Waals surface area contributed by atoms with Gasteiger partial charge in [-0.2, -0.15) is 0 Å². The minimum absolute atomic E-state index is 0.131. The molecule has 2 aromatic rings. The summed E-state index contributed by atoms with van der Waals surface area (Å²) in [4.78, 5) is 37.2. The van der Waals surface area contributed by atoms with Gasteiger partial charge in [0.05, 0.1) is 13.2 Å². The summed E-state index contributed by atoms with van der Waals surface area (Å²) in [6.07, 6.45) is 1.48. The second-order valence-corrected chi connectivity index (χ2v) is 5.53. The molecular formula is C19H21NO5. The third-order valence-corrected chi connectivity index (χ3v) is 3.89. The normalized spacial score (nSPS) is 11.0. The number of rotatable bonds is 6. The van der Waals surface area contributed by atoms with Gasteiger partial charge in [0.25, 0.3) is 5.56 Å². The molecule has 0 bridgehead atoms. The Morgan fingerprint density at radius 1 is 0.960 bits per heavy atom. The number of aromatic nitrogens is 1. The molecule has 0 unspecified atom stereocenters. The van der Waals surface area contributed by atoms with Gasteiger partial charge in [0.15, 0.2) is 5.41 Å². The first-order chi connectivity index (χ1) is 11.9. The molecule has 0 spiro atoms. The highest BCUT2D eigenvalue weighted by atomic mass is 16.6. The Balaban J connectivity index is 2.60. The molecule has 0 aliphatic heterocycles. The van der Waals surface area contributed by atoms with Crippen LogP contribution in [0, 0.1) is 0 Å². The summed E-state index contributed by atoms with van der Waals surface area (Å²) < 4.78 is 11.5. The number of carbonyl (C=O) groups is 2. The van der Waals surface area contributed by atoms with Crippen LogP contribution in [0.4, 0.5) is 0 Å². The molecule has 25 heavy (non-hydrogen) atoms. The van der Waals surface area contributed by atoms with Gasteiger partial charge in [0.2, 0.25) is 0 Å². The average molecular weight is 343 g/mol. The number of pyridine rings is 1. The largest absolute Gasteiger partial charge is 0.465 e. The number of nitrogens with zero attached hydrogens (tertiary/aromatic N) is 1. The van der Waals surface area contributed by atoms with Crippen molar-refractivity contribution in [1.29, 1.82) is 0 Å². The van der Waals surface area contributed by atoms with Crippen LogP contribution < -0.4 is 5.56 Å². The fraction of sp³-hybridized carbons (Fsp3) is 0.316. The predicted molar refractivity (Wildman–Crippen MR) is 92.7 cm³/mol. The van der Waals surface area contributed by atoms with Gasteiger partial charge in [-0.05, 0) is 38.5 Å². The smallest absolute Gasteiger partial charge is 0.327 e. The molecule has 6 heteroatoms. The minimum Gasteiger partial charge on any atom is -0.465 e. The van der Waals surface area contributed by atoms with Crippen molar-refractivity contribution in [2.45, 2.75) is 26.2 Å². The molecule has 0 saturated heterocycles. The third kappa shape index (κ3) is 3.63. The van der Waals surface area contributed by atoms with Gasteiger partial charge in [0.1, 0.15) is 0 Å². The van der Waals surface area contributed by atoms with Gasteiger partial charge in [0, 0.05) is 18.0 Å². The first-order valence-electron chi connectivity index (χ1n) is 8.08. The molecule has 1 heterocycles. The summed E-state index contributed by atoms with van der Waals surface area (Å²) in [5.74, 6) is -1.43. The van der Waals surface area contributed by atoms with Crippen LogP contribution in [0.2, 0.25) is 0 Å². The van der Waals surface area contributed by atoms with E-state index in [1.165, 1.54) is 29.8 Å². The standard InChI is InChI=1S/C19H21NO5/c1-4-24-17(22)19(3,18(23)25-5-2)14-11-12-16(21)20(13-14)15-9-7-6-8-10-15/h6-13H,4-5H2,1-3H3. The van der Waals surface area contributed by atoms with Crippen LogP contribution in [0.3, 0.4) is 0 Å². The number of esters is 2. The third-order valence-electron chi connectivity index (χ3n) is 3.89. The Bertz CT molecular complexity index is 792. The van der Waals surface area contributed by atoms with Crippen LogP contribution in [0.5, 0.6) is 0 Å². The first-order valence-corrected chi connectivity index (χ1v) is 8.08. The van der Waals surface area contributed by atoms with E-state index in [0.29, 0.717) is 11.3 Å². The van der Waals surface area contributed by atoms with E-state index in [2.05, 4.69) is 0 Å². The van der Waals surface area contributed by atoms with Crippen molar-refractivity contribution < 1.29 is 19.1 Å². The number of hydrogen-bond acceptors (Lipinski definition) is 5. The molecule has 132 valence electrons. The second kappa shape index (κ2) is 7.79. The lowest BCUT2D eigenvalue weighted by Crippen LogP contribution is -2.44. The lowest BCUT2D eigenvalue weighted by atomic mass is 9.83. The van der Waals surface area contributed by atoms with Gasteiger partial charge < -0.3 is 9.47 Å². The van der Waals surface area contributed by atoms with E-state index in [1.54, 1.807) is 38.1 Å². The molecule has 0 aliphatic carbocycles. The maximum absolute atomic E-state index is 12.5. The molecule has 0 radical (unpaired) electrons. The second-order valence-electron chi connectivity index (χ2n) is 5.53. The Labute approximate surface area is 146 Å². The zero-order valence-corrected chi connectivity index (χ0v) is 14.5. The van der Waals surface area contributed by atoms with Gasteiger partial charge in [-0.15, -0.1) is 0 Å². The van der Waals surface area contributed by atoms with E-state index in [9.17, 15) is 14.4 Å². The molecule has 0 fully saturated rings. The van der Waals surface area contributed by atoms with E-state index < -0.39 is 17.4 Å². The summed E-state index contributed by atoms with van der Waals surface area (Å²) in [5, 5.41) is 0. The van der Waals surface area contributed by atoms with E-state index in [-0.39, 0.29) is 18.8 Å². The van der Waals surface area contributed by atoms with E-state index in [0.717, 1.165) is 0 Å². The summed E-state index contributed by atoms with van der Waals surface area (Å²) >= 11 is 0. The van der Waals surface area contributed by atoms with Crippen LogP contribution in [-0.4, -0.2) is 29.7 Å². The molecule has 0 aliphatic rings. The van der Waals surface area contributed by atoms with Crippen molar-refractivity contribution in [2.24, 2.45) is 0 Å². The van der Waals surface area contributed by atoms with Crippen LogP contribution in [0.15, 0.2) is 53.5 Å². The van der Waals surface area contributed by atoms with Crippen molar-refractivity contribution in [2.75, 3.05) is 13.2 Å². The summed E-state index contributed by atoms with van der Waals surface area (Å²) in [5.41, 5.74) is -0.974. The van der Waals surface area contributed by atoms with Gasteiger partial charge in [-0.3, -0.25) is 19.0 Å². The van der Waals surface area contributed by atoms with Gasteiger partial charge in [-0.25, -0.2) is 0 Å². The topological polar surface area (TPSA) is 74.6 Å². The summed E-state index contributed by atoms with van der Waals surface area (Å²) in [7, 11) is 0. The first kappa shape index (κ1) is 18.4. The zero-order valence-electron chi connectivity index (χ0n) is 14.5. The Morgan fingerprint density at radius 2 is 1.52 bits per heavy atom. The highest BCUT2D eigenvalue weighted by Gasteiger charge is 2.46. The quantitative estimate of drug-likeness (QED) is 0.594. The fourth-order valence-corrected chi connectivity index (χ4v) is 2.44. The van der Waals surface area contributed by atoms with Crippen molar-refractivity contribution in [1.82, 2.24) is 4.57 Å². The predicted octanol–water partition coefficient (Wildman–Crippen LogP) is 2.22.